The van der Waals surface area contributed by atoms with Crippen molar-refractivity contribution in [2.24, 2.45) is 0 Å². The maximum Gasteiger partial charge on any atom is 0.170 e. The summed E-state index contributed by atoms with van der Waals surface area (Å²) in [6.45, 7) is 3.80. The Balaban J connectivity index is 1.62. The lowest BCUT2D eigenvalue weighted by Crippen LogP contribution is -2.35. The summed E-state index contributed by atoms with van der Waals surface area (Å²) in [5, 5.41) is 7.87. The second kappa shape index (κ2) is 7.49. The molecule has 1 atom stereocenters. The second-order valence-corrected chi connectivity index (χ2v) is 6.67. The van der Waals surface area contributed by atoms with E-state index in [0.717, 1.165) is 44.8 Å². The predicted molar refractivity (Wildman–Crippen MR) is 96.1 cm³/mol. The zero-order valence-electron chi connectivity index (χ0n) is 12.6. The maximum absolute atomic E-state index is 6.15. The van der Waals surface area contributed by atoms with Crippen LogP contribution in [0.5, 0.6) is 0 Å². The molecule has 2 saturated heterocycles. The summed E-state index contributed by atoms with van der Waals surface area (Å²) in [5.74, 6) is 0. The Kier molecular flexibility index (Phi) is 5.39. The van der Waals surface area contributed by atoms with Crippen molar-refractivity contribution in [3.8, 4) is 0 Å². The summed E-state index contributed by atoms with van der Waals surface area (Å²) >= 11 is 11.6. The van der Waals surface area contributed by atoms with Crippen LogP contribution in [0.4, 0.5) is 11.4 Å². The van der Waals surface area contributed by atoms with Crippen LogP contribution < -0.4 is 15.5 Å². The van der Waals surface area contributed by atoms with Crippen LogP contribution in [0.15, 0.2) is 18.2 Å². The van der Waals surface area contributed by atoms with Gasteiger partial charge in [0.15, 0.2) is 5.11 Å². The van der Waals surface area contributed by atoms with E-state index in [0.29, 0.717) is 10.1 Å². The van der Waals surface area contributed by atoms with E-state index in [2.05, 4.69) is 21.6 Å². The van der Waals surface area contributed by atoms with Gasteiger partial charge in [-0.1, -0.05) is 11.6 Å². The molecule has 0 saturated carbocycles. The lowest BCUT2D eigenvalue weighted by Gasteiger charge is -2.23. The van der Waals surface area contributed by atoms with E-state index < -0.39 is 0 Å². The Hall–Kier alpha value is -1.04. The first-order valence-electron chi connectivity index (χ1n) is 7.93. The smallest absolute Gasteiger partial charge is 0.170 e. The summed E-state index contributed by atoms with van der Waals surface area (Å²) in [6, 6.07) is 5.94. The summed E-state index contributed by atoms with van der Waals surface area (Å²) < 4.78 is 5.60. The predicted octanol–water partition coefficient (Wildman–Crippen LogP) is 3.41. The molecule has 120 valence electrons. The second-order valence-electron chi connectivity index (χ2n) is 5.83. The van der Waals surface area contributed by atoms with Crippen LogP contribution in [-0.4, -0.2) is 37.5 Å². The van der Waals surface area contributed by atoms with Crippen LogP contribution in [0.2, 0.25) is 5.02 Å². The first kappa shape index (κ1) is 15.8. The van der Waals surface area contributed by atoms with E-state index >= 15 is 0 Å². The Bertz CT molecular complexity index is 528. The third kappa shape index (κ3) is 4.03. The van der Waals surface area contributed by atoms with Gasteiger partial charge in [0, 0.05) is 31.3 Å². The summed E-state index contributed by atoms with van der Waals surface area (Å²) in [6.07, 6.45) is 5.00. The van der Waals surface area contributed by atoms with Gasteiger partial charge in [0.2, 0.25) is 0 Å². The van der Waals surface area contributed by atoms with Crippen molar-refractivity contribution in [2.75, 3.05) is 36.5 Å². The fourth-order valence-corrected chi connectivity index (χ4v) is 3.39. The lowest BCUT2D eigenvalue weighted by molar-refractivity contribution is 0.114. The van der Waals surface area contributed by atoms with Crippen LogP contribution in [0.3, 0.4) is 0 Å². The van der Waals surface area contributed by atoms with Gasteiger partial charge in [-0.15, -0.1) is 0 Å². The molecule has 0 aromatic heterocycles. The van der Waals surface area contributed by atoms with Gasteiger partial charge < -0.3 is 20.3 Å². The number of rotatable bonds is 4. The quantitative estimate of drug-likeness (QED) is 0.822. The molecule has 0 amide bonds. The number of nitrogens with zero attached hydrogens (tertiary/aromatic N) is 1. The molecule has 0 spiro atoms. The highest BCUT2D eigenvalue weighted by Gasteiger charge is 2.18. The van der Waals surface area contributed by atoms with E-state index in [-0.39, 0.29) is 6.10 Å². The van der Waals surface area contributed by atoms with Crippen molar-refractivity contribution in [3.05, 3.63) is 23.2 Å². The van der Waals surface area contributed by atoms with Crippen LogP contribution in [0, 0.1) is 0 Å². The number of nitrogens with one attached hydrogen (secondary N) is 2. The van der Waals surface area contributed by atoms with Crippen molar-refractivity contribution in [2.45, 2.75) is 31.8 Å². The number of hydrogen-bond donors (Lipinski definition) is 2. The molecule has 0 aliphatic carbocycles. The van der Waals surface area contributed by atoms with E-state index in [1.54, 1.807) is 0 Å². The van der Waals surface area contributed by atoms with Crippen molar-refractivity contribution in [3.63, 3.8) is 0 Å². The molecule has 0 unspecified atom stereocenters. The van der Waals surface area contributed by atoms with Crippen LogP contribution in [0.1, 0.15) is 25.7 Å². The Morgan fingerprint density at radius 3 is 2.86 bits per heavy atom. The van der Waals surface area contributed by atoms with Gasteiger partial charge in [-0.25, -0.2) is 0 Å². The van der Waals surface area contributed by atoms with Crippen LogP contribution in [0.25, 0.3) is 0 Å². The minimum atomic E-state index is 0.275. The highest BCUT2D eigenvalue weighted by atomic mass is 35.5. The zero-order chi connectivity index (χ0) is 15.4. The first-order chi connectivity index (χ1) is 10.7. The van der Waals surface area contributed by atoms with E-state index in [9.17, 15) is 0 Å². The molecule has 0 bridgehead atoms. The lowest BCUT2D eigenvalue weighted by atomic mass is 10.2. The van der Waals surface area contributed by atoms with Crippen molar-refractivity contribution in [1.29, 1.82) is 0 Å². The summed E-state index contributed by atoms with van der Waals surface area (Å²) in [7, 11) is 0. The molecule has 22 heavy (non-hydrogen) atoms. The highest BCUT2D eigenvalue weighted by molar-refractivity contribution is 7.80. The van der Waals surface area contributed by atoms with Crippen molar-refractivity contribution in [1.82, 2.24) is 5.32 Å². The van der Waals surface area contributed by atoms with Gasteiger partial charge in [0.05, 0.1) is 17.5 Å². The molecule has 0 radical (unpaired) electrons. The van der Waals surface area contributed by atoms with Gasteiger partial charge in [0.1, 0.15) is 0 Å². The first-order valence-corrected chi connectivity index (χ1v) is 8.72. The molecular formula is C16H22ClN3OS. The number of hydrogen-bond acceptors (Lipinski definition) is 3. The van der Waals surface area contributed by atoms with Gasteiger partial charge in [-0.2, -0.15) is 0 Å². The molecule has 1 aromatic carbocycles. The molecule has 1 aromatic rings. The monoisotopic (exact) mass is 339 g/mol. The zero-order valence-corrected chi connectivity index (χ0v) is 14.2. The fourth-order valence-electron chi connectivity index (χ4n) is 3.02. The molecule has 6 heteroatoms. The number of benzene rings is 1. The maximum atomic E-state index is 6.15. The standard InChI is InChI=1S/C16H22ClN3OS/c17-12-5-6-15(20-7-1-2-8-20)14(10-12)19-16(22)18-11-13-4-3-9-21-13/h5-6,10,13H,1-4,7-9,11H2,(H2,18,19,22)/t13-/m1/s1. The van der Waals surface area contributed by atoms with Gasteiger partial charge in [-0.3, -0.25) is 0 Å². The Labute approximate surface area is 142 Å². The Morgan fingerprint density at radius 1 is 1.32 bits per heavy atom. The third-order valence-corrected chi connectivity index (χ3v) is 4.65. The average molecular weight is 340 g/mol. The normalized spacial score (nSPS) is 21.1. The van der Waals surface area contributed by atoms with E-state index in [1.165, 1.54) is 18.5 Å². The van der Waals surface area contributed by atoms with Gasteiger partial charge in [0.25, 0.3) is 0 Å². The third-order valence-electron chi connectivity index (χ3n) is 4.17. The minimum absolute atomic E-state index is 0.275. The van der Waals surface area contributed by atoms with Crippen molar-refractivity contribution < 1.29 is 4.74 Å². The topological polar surface area (TPSA) is 36.5 Å². The molecule has 4 nitrogen and oxygen atoms in total. The molecule has 2 aliphatic heterocycles. The van der Waals surface area contributed by atoms with E-state index in [1.807, 2.05) is 12.1 Å². The highest BCUT2D eigenvalue weighted by Crippen LogP contribution is 2.31. The summed E-state index contributed by atoms with van der Waals surface area (Å²) in [4.78, 5) is 2.38. The van der Waals surface area contributed by atoms with E-state index in [4.69, 9.17) is 28.6 Å². The minimum Gasteiger partial charge on any atom is -0.376 e. The largest absolute Gasteiger partial charge is 0.376 e. The number of anilines is 2. The number of ether oxygens (including phenoxy) is 1. The molecule has 2 fully saturated rings. The SMILES string of the molecule is S=C(NC[C@H]1CCCO1)Nc1cc(Cl)ccc1N1CCCC1. The molecular weight excluding hydrogens is 318 g/mol. The Morgan fingerprint density at radius 2 is 2.14 bits per heavy atom. The van der Waals surface area contributed by atoms with Gasteiger partial charge >= 0.3 is 0 Å². The molecule has 3 rings (SSSR count). The summed E-state index contributed by atoms with van der Waals surface area (Å²) in [5.41, 5.74) is 2.14. The number of thiocarbonyl (C=S) groups is 1. The molecule has 2 N–H and O–H groups in total. The molecule has 2 aliphatic rings. The fraction of sp³-hybridized carbons (Fsp3) is 0.562. The van der Waals surface area contributed by atoms with Gasteiger partial charge in [-0.05, 0) is 56.1 Å². The molecule has 2 heterocycles. The van der Waals surface area contributed by atoms with Crippen LogP contribution >= 0.6 is 23.8 Å². The van der Waals surface area contributed by atoms with Crippen molar-refractivity contribution >= 4 is 40.3 Å². The average Bonchev–Trinajstić information content (AvgIpc) is 3.19. The van der Waals surface area contributed by atoms with Crippen LogP contribution in [-0.2, 0) is 4.74 Å². The number of halogens is 1.